The molecule has 0 saturated carbocycles. The molecule has 0 atom stereocenters. The predicted octanol–water partition coefficient (Wildman–Crippen LogP) is 2.27. The summed E-state index contributed by atoms with van der Waals surface area (Å²) in [6.07, 6.45) is 0. The van der Waals surface area contributed by atoms with E-state index in [-0.39, 0.29) is 0 Å². The second-order valence-electron chi connectivity index (χ2n) is 4.42. The van der Waals surface area contributed by atoms with Crippen molar-refractivity contribution < 1.29 is 4.92 Å². The molecule has 0 aromatic carbocycles. The fourth-order valence-electron chi connectivity index (χ4n) is 2.04. The van der Waals surface area contributed by atoms with Crippen LogP contribution in [0.1, 0.15) is 17.1 Å². The van der Waals surface area contributed by atoms with Gasteiger partial charge in [0, 0.05) is 28.7 Å². The lowest BCUT2D eigenvalue weighted by molar-refractivity contribution is -0.386. The summed E-state index contributed by atoms with van der Waals surface area (Å²) in [6.45, 7) is 5.42. The molecule has 2 heterocycles. The van der Waals surface area contributed by atoms with Gasteiger partial charge < -0.3 is 4.98 Å². The molecule has 0 radical (unpaired) electrons. The van der Waals surface area contributed by atoms with E-state index in [1.165, 1.54) is 6.07 Å². The van der Waals surface area contributed by atoms with Gasteiger partial charge in [0.2, 0.25) is 0 Å². The molecular weight excluding hydrogens is 246 g/mol. The number of pyridine rings is 2. The van der Waals surface area contributed by atoms with Crippen LogP contribution in [0.25, 0.3) is 11.1 Å². The number of hydrogen-bond acceptors (Lipinski definition) is 4. The van der Waals surface area contributed by atoms with Crippen LogP contribution in [0.5, 0.6) is 0 Å². The Balaban J connectivity index is 2.71. The molecule has 0 aliphatic heterocycles. The maximum Gasteiger partial charge on any atom is 0.334 e. The third-order valence-electron chi connectivity index (χ3n) is 2.81. The number of aromatic nitrogens is 2. The molecule has 0 amide bonds. The van der Waals surface area contributed by atoms with E-state index in [9.17, 15) is 14.9 Å². The van der Waals surface area contributed by atoms with E-state index in [0.717, 1.165) is 17.0 Å². The van der Waals surface area contributed by atoms with E-state index in [1.807, 2.05) is 26.0 Å². The Morgan fingerprint density at radius 3 is 2.26 bits per heavy atom. The van der Waals surface area contributed by atoms with Crippen molar-refractivity contribution >= 4 is 5.69 Å². The van der Waals surface area contributed by atoms with Crippen molar-refractivity contribution in [2.45, 2.75) is 20.8 Å². The van der Waals surface area contributed by atoms with E-state index in [1.54, 1.807) is 6.92 Å². The Kier molecular flexibility index (Phi) is 3.16. The van der Waals surface area contributed by atoms with Crippen molar-refractivity contribution in [3.05, 3.63) is 55.7 Å². The molecule has 0 bridgehead atoms. The van der Waals surface area contributed by atoms with Gasteiger partial charge in [0.1, 0.15) is 0 Å². The summed E-state index contributed by atoms with van der Waals surface area (Å²) in [5, 5.41) is 10.8. The zero-order valence-corrected chi connectivity index (χ0v) is 10.9. The van der Waals surface area contributed by atoms with Gasteiger partial charge in [0.25, 0.3) is 0 Å². The molecule has 6 heteroatoms. The molecule has 2 aromatic rings. The number of aryl methyl sites for hydroxylation is 3. The van der Waals surface area contributed by atoms with Crippen molar-refractivity contribution in [1.82, 2.24) is 9.97 Å². The normalized spacial score (nSPS) is 10.5. The van der Waals surface area contributed by atoms with Gasteiger partial charge in [-0.3, -0.25) is 19.9 Å². The average molecular weight is 259 g/mol. The van der Waals surface area contributed by atoms with E-state index in [4.69, 9.17) is 0 Å². The lowest BCUT2D eigenvalue weighted by atomic mass is 10.0. The maximum atomic E-state index is 11.5. The van der Waals surface area contributed by atoms with Crippen LogP contribution < -0.4 is 5.56 Å². The molecule has 0 aliphatic rings. The molecule has 0 spiro atoms. The Morgan fingerprint density at radius 1 is 1.16 bits per heavy atom. The lowest BCUT2D eigenvalue weighted by Crippen LogP contribution is -2.13. The quantitative estimate of drug-likeness (QED) is 0.661. The summed E-state index contributed by atoms with van der Waals surface area (Å²) < 4.78 is 0. The van der Waals surface area contributed by atoms with Crippen LogP contribution >= 0.6 is 0 Å². The Labute approximate surface area is 109 Å². The number of aromatic amines is 1. The van der Waals surface area contributed by atoms with E-state index in [0.29, 0.717) is 11.3 Å². The van der Waals surface area contributed by atoms with Gasteiger partial charge in [-0.1, -0.05) is 0 Å². The first kappa shape index (κ1) is 12.9. The van der Waals surface area contributed by atoms with Gasteiger partial charge in [-0.25, -0.2) is 0 Å². The maximum absolute atomic E-state index is 11.5. The van der Waals surface area contributed by atoms with E-state index < -0.39 is 16.2 Å². The molecule has 2 aromatic heterocycles. The highest BCUT2D eigenvalue weighted by atomic mass is 16.6. The monoisotopic (exact) mass is 259 g/mol. The first-order valence-electron chi connectivity index (χ1n) is 5.72. The molecule has 0 unspecified atom stereocenters. The topological polar surface area (TPSA) is 88.9 Å². The van der Waals surface area contributed by atoms with Crippen LogP contribution in [0.15, 0.2) is 23.0 Å². The van der Waals surface area contributed by atoms with Gasteiger partial charge >= 0.3 is 11.2 Å². The number of nitro groups is 1. The van der Waals surface area contributed by atoms with Crippen molar-refractivity contribution in [1.29, 1.82) is 0 Å². The van der Waals surface area contributed by atoms with Gasteiger partial charge in [0.05, 0.1) is 4.92 Å². The number of nitrogens with one attached hydrogen (secondary N) is 1. The Bertz CT molecular complexity index is 699. The average Bonchev–Trinajstić information content (AvgIpc) is 2.26. The molecule has 0 fully saturated rings. The third-order valence-corrected chi connectivity index (χ3v) is 2.81. The minimum absolute atomic E-state index is 0.451. The second kappa shape index (κ2) is 4.64. The summed E-state index contributed by atoms with van der Waals surface area (Å²) in [7, 11) is 0. The Hall–Kier alpha value is -2.50. The van der Waals surface area contributed by atoms with Crippen LogP contribution in [0.2, 0.25) is 0 Å². The van der Waals surface area contributed by atoms with Crippen LogP contribution in [0, 0.1) is 30.9 Å². The summed E-state index contributed by atoms with van der Waals surface area (Å²) in [4.78, 5) is 28.4. The first-order valence-corrected chi connectivity index (χ1v) is 5.72. The SMILES string of the molecule is Cc1cc(-c2cc([N+](=O)[O-])c(=O)[nH]c2C)cc(C)n1. The number of rotatable bonds is 2. The van der Waals surface area contributed by atoms with Crippen LogP contribution in [-0.2, 0) is 0 Å². The van der Waals surface area contributed by atoms with Gasteiger partial charge in [-0.2, -0.15) is 0 Å². The standard InChI is InChI=1S/C13H13N3O3/c1-7-4-10(5-8(2)14-7)11-6-12(16(18)19)13(17)15-9(11)3/h4-6H,1-3H3,(H,15,17). The molecule has 19 heavy (non-hydrogen) atoms. The van der Waals surface area contributed by atoms with Gasteiger partial charge in [-0.15, -0.1) is 0 Å². The number of H-pyrrole nitrogens is 1. The number of hydrogen-bond donors (Lipinski definition) is 1. The van der Waals surface area contributed by atoms with Crippen LogP contribution in [0.3, 0.4) is 0 Å². The van der Waals surface area contributed by atoms with Crippen molar-refractivity contribution in [2.24, 2.45) is 0 Å². The van der Waals surface area contributed by atoms with Crippen LogP contribution in [-0.4, -0.2) is 14.9 Å². The summed E-state index contributed by atoms with van der Waals surface area (Å²) in [6, 6.07) is 4.97. The zero-order chi connectivity index (χ0) is 14.2. The molecule has 0 saturated heterocycles. The second-order valence-corrected chi connectivity index (χ2v) is 4.42. The first-order chi connectivity index (χ1) is 8.88. The number of nitrogens with zero attached hydrogens (tertiary/aromatic N) is 2. The van der Waals surface area contributed by atoms with Gasteiger partial charge in [-0.05, 0) is 38.5 Å². The highest BCUT2D eigenvalue weighted by Gasteiger charge is 2.16. The molecule has 2 rings (SSSR count). The lowest BCUT2D eigenvalue weighted by Gasteiger charge is -2.07. The molecule has 98 valence electrons. The highest BCUT2D eigenvalue weighted by molar-refractivity contribution is 5.68. The zero-order valence-electron chi connectivity index (χ0n) is 10.9. The van der Waals surface area contributed by atoms with E-state index >= 15 is 0 Å². The predicted molar refractivity (Wildman–Crippen MR) is 71.2 cm³/mol. The fourth-order valence-corrected chi connectivity index (χ4v) is 2.04. The minimum atomic E-state index is -0.686. The fraction of sp³-hybridized carbons (Fsp3) is 0.231. The molecule has 6 nitrogen and oxygen atoms in total. The van der Waals surface area contributed by atoms with E-state index in [2.05, 4.69) is 9.97 Å². The Morgan fingerprint density at radius 2 is 1.74 bits per heavy atom. The van der Waals surface area contributed by atoms with Crippen LogP contribution in [0.4, 0.5) is 5.69 Å². The molecule has 1 N–H and O–H groups in total. The minimum Gasteiger partial charge on any atom is -0.320 e. The highest BCUT2D eigenvalue weighted by Crippen LogP contribution is 2.25. The largest absolute Gasteiger partial charge is 0.334 e. The molecular formula is C13H13N3O3. The summed E-state index contributed by atoms with van der Waals surface area (Å²) in [5.74, 6) is 0. The van der Waals surface area contributed by atoms with Crippen molar-refractivity contribution in [3.63, 3.8) is 0 Å². The van der Waals surface area contributed by atoms with Crippen molar-refractivity contribution in [2.75, 3.05) is 0 Å². The molecule has 0 aliphatic carbocycles. The smallest absolute Gasteiger partial charge is 0.320 e. The van der Waals surface area contributed by atoms with Crippen molar-refractivity contribution in [3.8, 4) is 11.1 Å². The summed E-state index contributed by atoms with van der Waals surface area (Å²) in [5.41, 5.74) is 2.55. The summed E-state index contributed by atoms with van der Waals surface area (Å²) >= 11 is 0. The third kappa shape index (κ3) is 2.52. The van der Waals surface area contributed by atoms with Gasteiger partial charge in [0.15, 0.2) is 0 Å².